The van der Waals surface area contributed by atoms with Gasteiger partial charge in [-0.25, -0.2) is 0 Å². The Morgan fingerprint density at radius 1 is 1.03 bits per heavy atom. The molecule has 0 atom stereocenters. The van der Waals surface area contributed by atoms with Gasteiger partial charge in [0, 0.05) is 36.8 Å². The fourth-order valence-electron chi connectivity index (χ4n) is 4.67. The molecule has 0 bridgehead atoms. The van der Waals surface area contributed by atoms with Crippen molar-refractivity contribution in [2.24, 2.45) is 11.8 Å². The van der Waals surface area contributed by atoms with Gasteiger partial charge in [-0.3, -0.25) is 9.69 Å². The fourth-order valence-corrected chi connectivity index (χ4v) is 4.67. The summed E-state index contributed by atoms with van der Waals surface area (Å²) in [4.78, 5) is 15.0. The number of nitrogens with one attached hydrogen (secondary N) is 1. The Labute approximate surface area is 192 Å². The molecule has 2 heterocycles. The van der Waals surface area contributed by atoms with Gasteiger partial charge in [0.2, 0.25) is 5.91 Å². The summed E-state index contributed by atoms with van der Waals surface area (Å²) in [5.74, 6) is 1.04. The van der Waals surface area contributed by atoms with Crippen molar-refractivity contribution in [2.75, 3.05) is 19.6 Å². The molecule has 1 aliphatic rings. The molecule has 2 aromatic carbocycles. The van der Waals surface area contributed by atoms with E-state index >= 15 is 0 Å². The van der Waals surface area contributed by atoms with Crippen LogP contribution < -0.4 is 5.32 Å². The summed E-state index contributed by atoms with van der Waals surface area (Å²) < 4.78 is 2.46. The molecular weight excluding hydrogens is 394 g/mol. The van der Waals surface area contributed by atoms with E-state index in [-0.39, 0.29) is 11.8 Å². The van der Waals surface area contributed by atoms with Crippen LogP contribution >= 0.6 is 0 Å². The number of benzene rings is 2. The number of aromatic nitrogens is 1. The highest BCUT2D eigenvalue weighted by Crippen LogP contribution is 2.25. The van der Waals surface area contributed by atoms with E-state index in [1.54, 1.807) is 0 Å². The highest BCUT2D eigenvalue weighted by atomic mass is 16.1. The van der Waals surface area contributed by atoms with Crippen molar-refractivity contribution in [1.82, 2.24) is 14.8 Å². The van der Waals surface area contributed by atoms with Gasteiger partial charge >= 0.3 is 0 Å². The third-order valence-electron chi connectivity index (χ3n) is 6.72. The van der Waals surface area contributed by atoms with Crippen molar-refractivity contribution in [3.63, 3.8) is 0 Å². The molecule has 1 saturated heterocycles. The summed E-state index contributed by atoms with van der Waals surface area (Å²) in [7, 11) is 0. The molecule has 4 heteroatoms. The third-order valence-corrected chi connectivity index (χ3v) is 6.72. The Morgan fingerprint density at radius 2 is 1.75 bits per heavy atom. The number of carbonyl (C=O) groups is 1. The van der Waals surface area contributed by atoms with Crippen LogP contribution in [0, 0.1) is 18.8 Å². The number of hydrogen-bond acceptors (Lipinski definition) is 2. The normalized spacial score (nSPS) is 15.5. The van der Waals surface area contributed by atoms with E-state index in [0.717, 1.165) is 52.0 Å². The number of fused-ring (bicyclic) bond motifs is 1. The molecule has 0 saturated carbocycles. The zero-order valence-corrected chi connectivity index (χ0v) is 19.8. The molecule has 1 aliphatic heterocycles. The van der Waals surface area contributed by atoms with Crippen LogP contribution in [-0.2, 0) is 17.9 Å². The molecule has 1 N–H and O–H groups in total. The molecule has 1 aromatic heterocycles. The maximum absolute atomic E-state index is 12.5. The molecule has 4 rings (SSSR count). The molecule has 170 valence electrons. The van der Waals surface area contributed by atoms with E-state index in [0.29, 0.717) is 5.92 Å². The minimum absolute atomic E-state index is 0.164. The van der Waals surface area contributed by atoms with Gasteiger partial charge in [-0.1, -0.05) is 61.9 Å². The molecule has 0 spiro atoms. The van der Waals surface area contributed by atoms with Crippen LogP contribution in [0.15, 0.2) is 54.6 Å². The van der Waals surface area contributed by atoms with Crippen LogP contribution in [0.4, 0.5) is 0 Å². The molecule has 32 heavy (non-hydrogen) atoms. The van der Waals surface area contributed by atoms with Crippen LogP contribution in [0.25, 0.3) is 10.9 Å². The Balaban J connectivity index is 1.41. The van der Waals surface area contributed by atoms with Crippen molar-refractivity contribution in [3.05, 3.63) is 71.4 Å². The number of aryl methyl sites for hydroxylation is 1. The highest BCUT2D eigenvalue weighted by Gasteiger charge is 2.25. The number of rotatable bonds is 8. The smallest absolute Gasteiger partial charge is 0.223 e. The lowest BCUT2D eigenvalue weighted by atomic mass is 9.95. The summed E-state index contributed by atoms with van der Waals surface area (Å²) in [6, 6.07) is 19.9. The predicted octanol–water partition coefficient (Wildman–Crippen LogP) is 5.37. The number of likely N-dealkylation sites (tertiary alicyclic amines) is 1. The largest absolute Gasteiger partial charge is 0.356 e. The van der Waals surface area contributed by atoms with Crippen LogP contribution in [-0.4, -0.2) is 35.0 Å². The third kappa shape index (κ3) is 5.60. The summed E-state index contributed by atoms with van der Waals surface area (Å²) in [6.45, 7) is 11.1. The van der Waals surface area contributed by atoms with Crippen molar-refractivity contribution < 1.29 is 4.79 Å². The standard InChI is InChI=1S/C28H37N3O/c1-21(2)12-15-29-28(32)24-13-16-30(17-14-24)20-26-18-25-6-4-5-7-27(25)31(26)19-23-10-8-22(3)9-11-23/h4-11,18,21,24H,12-17,19-20H2,1-3H3,(H,29,32). The highest BCUT2D eigenvalue weighted by molar-refractivity contribution is 5.81. The second kappa shape index (κ2) is 10.4. The second-order valence-electron chi connectivity index (χ2n) is 9.79. The molecule has 0 radical (unpaired) electrons. The Hall–Kier alpha value is -2.59. The van der Waals surface area contributed by atoms with E-state index in [4.69, 9.17) is 0 Å². The van der Waals surface area contributed by atoms with Crippen molar-refractivity contribution >= 4 is 16.8 Å². The maximum Gasteiger partial charge on any atom is 0.223 e. The van der Waals surface area contributed by atoms with E-state index in [1.165, 1.54) is 27.7 Å². The van der Waals surface area contributed by atoms with E-state index in [2.05, 4.69) is 90.2 Å². The summed E-state index contributed by atoms with van der Waals surface area (Å²) in [5, 5.41) is 4.44. The van der Waals surface area contributed by atoms with Crippen LogP contribution in [0.3, 0.4) is 0 Å². The molecule has 0 aliphatic carbocycles. The van der Waals surface area contributed by atoms with Gasteiger partial charge in [-0.2, -0.15) is 0 Å². The lowest BCUT2D eigenvalue weighted by molar-refractivity contribution is -0.126. The van der Waals surface area contributed by atoms with Gasteiger partial charge in [0.1, 0.15) is 0 Å². The van der Waals surface area contributed by atoms with Gasteiger partial charge in [0.25, 0.3) is 0 Å². The number of para-hydroxylation sites is 1. The monoisotopic (exact) mass is 431 g/mol. The zero-order chi connectivity index (χ0) is 22.5. The first-order valence-corrected chi connectivity index (χ1v) is 12.1. The van der Waals surface area contributed by atoms with E-state index in [1.807, 2.05) is 0 Å². The van der Waals surface area contributed by atoms with E-state index in [9.17, 15) is 4.79 Å². The first-order chi connectivity index (χ1) is 15.5. The molecule has 1 amide bonds. The fraction of sp³-hybridized carbons (Fsp3) is 0.464. The maximum atomic E-state index is 12.5. The number of nitrogens with zero attached hydrogens (tertiary/aromatic N) is 2. The quantitative estimate of drug-likeness (QED) is 0.520. The molecule has 4 nitrogen and oxygen atoms in total. The number of piperidine rings is 1. The summed E-state index contributed by atoms with van der Waals surface area (Å²) in [5.41, 5.74) is 5.27. The number of carbonyl (C=O) groups excluding carboxylic acids is 1. The van der Waals surface area contributed by atoms with Crippen LogP contribution in [0.1, 0.15) is 49.9 Å². The summed E-state index contributed by atoms with van der Waals surface area (Å²) >= 11 is 0. The van der Waals surface area contributed by atoms with E-state index < -0.39 is 0 Å². The topological polar surface area (TPSA) is 37.3 Å². The predicted molar refractivity (Wildman–Crippen MR) is 133 cm³/mol. The SMILES string of the molecule is Cc1ccc(Cn2c(CN3CCC(C(=O)NCCC(C)C)CC3)cc3ccccc32)cc1. The average molecular weight is 432 g/mol. The molecule has 1 fully saturated rings. The van der Waals surface area contributed by atoms with Crippen molar-refractivity contribution in [2.45, 2.75) is 53.1 Å². The second-order valence-corrected chi connectivity index (χ2v) is 9.79. The van der Waals surface area contributed by atoms with Crippen LogP contribution in [0.2, 0.25) is 0 Å². The Bertz CT molecular complexity index is 1030. The average Bonchev–Trinajstić information content (AvgIpc) is 3.12. The van der Waals surface area contributed by atoms with Crippen LogP contribution in [0.5, 0.6) is 0 Å². The Kier molecular flexibility index (Phi) is 7.31. The van der Waals surface area contributed by atoms with Gasteiger partial charge in [0.05, 0.1) is 0 Å². The zero-order valence-electron chi connectivity index (χ0n) is 19.8. The van der Waals surface area contributed by atoms with Gasteiger partial charge in [0.15, 0.2) is 0 Å². The van der Waals surface area contributed by atoms with Gasteiger partial charge < -0.3 is 9.88 Å². The molecular formula is C28H37N3O. The molecule has 3 aromatic rings. The number of hydrogen-bond donors (Lipinski definition) is 1. The number of amides is 1. The van der Waals surface area contributed by atoms with Gasteiger partial charge in [-0.05, 0) is 68.3 Å². The van der Waals surface area contributed by atoms with Crippen molar-refractivity contribution in [1.29, 1.82) is 0 Å². The molecule has 0 unspecified atom stereocenters. The lowest BCUT2D eigenvalue weighted by Gasteiger charge is -2.31. The minimum atomic E-state index is 0.164. The first kappa shape index (κ1) is 22.6. The lowest BCUT2D eigenvalue weighted by Crippen LogP contribution is -2.40. The minimum Gasteiger partial charge on any atom is -0.356 e. The Morgan fingerprint density at radius 3 is 2.47 bits per heavy atom. The van der Waals surface area contributed by atoms with Gasteiger partial charge in [-0.15, -0.1) is 0 Å². The first-order valence-electron chi connectivity index (χ1n) is 12.1. The van der Waals surface area contributed by atoms with Crippen molar-refractivity contribution in [3.8, 4) is 0 Å². The summed E-state index contributed by atoms with van der Waals surface area (Å²) in [6.07, 6.45) is 2.95.